The third-order valence-corrected chi connectivity index (χ3v) is 11.2. The highest BCUT2D eigenvalue weighted by Crippen LogP contribution is 2.66. The zero-order chi connectivity index (χ0) is 20.2. The normalized spacial score (nSPS) is 35.1. The maximum Gasteiger partial charge on any atom is 0.303 e. The van der Waals surface area contributed by atoms with Crippen LogP contribution in [0, 0.1) is 5.41 Å². The van der Waals surface area contributed by atoms with E-state index in [1.807, 2.05) is 13.0 Å². The van der Waals surface area contributed by atoms with E-state index in [4.69, 9.17) is 13.9 Å². The summed E-state index contributed by atoms with van der Waals surface area (Å²) in [6.45, 7) is 21.5. The Balaban J connectivity index is 2.15. The molecule has 1 saturated carbocycles. The molecular formula is C21H38O4Si. The first-order chi connectivity index (χ1) is 11.6. The van der Waals surface area contributed by atoms with Crippen molar-refractivity contribution in [2.24, 2.45) is 5.41 Å². The first-order valence-electron chi connectivity index (χ1n) is 9.80. The lowest BCUT2D eigenvalue weighted by Crippen LogP contribution is -2.51. The maximum atomic E-state index is 11.1. The summed E-state index contributed by atoms with van der Waals surface area (Å²) >= 11 is 0. The Morgan fingerprint density at radius 3 is 2.27 bits per heavy atom. The van der Waals surface area contributed by atoms with Crippen molar-refractivity contribution in [1.29, 1.82) is 0 Å². The second kappa shape index (κ2) is 6.45. The molecule has 0 aromatic heterocycles. The molecular weight excluding hydrogens is 344 g/mol. The Hall–Kier alpha value is -0.653. The van der Waals surface area contributed by atoms with Gasteiger partial charge in [0, 0.05) is 24.9 Å². The number of rotatable bonds is 5. The number of ether oxygens (including phenoxy) is 2. The maximum absolute atomic E-state index is 11.1. The molecule has 26 heavy (non-hydrogen) atoms. The molecule has 0 aromatic rings. The van der Waals surface area contributed by atoms with Gasteiger partial charge in [-0.25, -0.2) is 0 Å². The van der Waals surface area contributed by atoms with E-state index in [2.05, 4.69) is 60.7 Å². The van der Waals surface area contributed by atoms with Crippen LogP contribution in [0.2, 0.25) is 18.1 Å². The van der Waals surface area contributed by atoms with Crippen molar-refractivity contribution in [3.05, 3.63) is 12.2 Å². The van der Waals surface area contributed by atoms with Crippen molar-refractivity contribution in [3.8, 4) is 0 Å². The van der Waals surface area contributed by atoms with Gasteiger partial charge in [-0.05, 0) is 50.6 Å². The standard InChI is InChI=1S/C21H38O4Si/c1-15(23-16(2)22)11-12-21-19(6,7)13-17(14-20(21,8)25-21)24-26(9,10)18(3,4)5/h11-12,15,17H,13-14H2,1-10H3/b12-11+/t15-,17+,20+,21-/m1/s1. The van der Waals surface area contributed by atoms with E-state index in [0.29, 0.717) is 0 Å². The van der Waals surface area contributed by atoms with Crippen LogP contribution in [0.4, 0.5) is 0 Å². The van der Waals surface area contributed by atoms with Crippen LogP contribution in [0.3, 0.4) is 0 Å². The van der Waals surface area contributed by atoms with Gasteiger partial charge in [0.25, 0.3) is 0 Å². The fourth-order valence-electron chi connectivity index (χ4n) is 4.29. The van der Waals surface area contributed by atoms with Crippen LogP contribution >= 0.6 is 0 Å². The number of esters is 1. The molecule has 2 aliphatic rings. The Labute approximate surface area is 160 Å². The van der Waals surface area contributed by atoms with Crippen LogP contribution in [0.25, 0.3) is 0 Å². The van der Waals surface area contributed by atoms with Crippen LogP contribution < -0.4 is 0 Å². The van der Waals surface area contributed by atoms with Gasteiger partial charge >= 0.3 is 5.97 Å². The summed E-state index contributed by atoms with van der Waals surface area (Å²) in [6.07, 6.45) is 5.96. The second-order valence-electron chi connectivity index (χ2n) is 10.5. The lowest BCUT2D eigenvalue weighted by molar-refractivity contribution is -0.143. The van der Waals surface area contributed by atoms with E-state index in [9.17, 15) is 4.79 Å². The Kier molecular flexibility index (Phi) is 5.37. The summed E-state index contributed by atoms with van der Waals surface area (Å²) in [5.74, 6) is -0.259. The quantitative estimate of drug-likeness (QED) is 0.283. The van der Waals surface area contributed by atoms with Gasteiger partial charge in [0.1, 0.15) is 17.3 Å². The van der Waals surface area contributed by atoms with Crippen molar-refractivity contribution >= 4 is 14.3 Å². The van der Waals surface area contributed by atoms with Crippen molar-refractivity contribution in [3.63, 3.8) is 0 Å². The average molecular weight is 383 g/mol. The van der Waals surface area contributed by atoms with E-state index < -0.39 is 8.32 Å². The average Bonchev–Trinajstić information content (AvgIpc) is 3.00. The minimum Gasteiger partial charge on any atom is -0.459 e. The Bertz CT molecular complexity index is 589. The fourth-order valence-corrected chi connectivity index (χ4v) is 5.64. The van der Waals surface area contributed by atoms with Crippen LogP contribution in [-0.2, 0) is 18.7 Å². The van der Waals surface area contributed by atoms with Crippen LogP contribution in [0.5, 0.6) is 0 Å². The zero-order valence-corrected chi connectivity index (χ0v) is 19.4. The lowest BCUT2D eigenvalue weighted by Gasteiger charge is -2.45. The summed E-state index contributed by atoms with van der Waals surface area (Å²) in [4.78, 5) is 11.1. The predicted molar refractivity (Wildman–Crippen MR) is 108 cm³/mol. The minimum atomic E-state index is -1.81. The zero-order valence-electron chi connectivity index (χ0n) is 18.4. The minimum absolute atomic E-state index is 0.0422. The third kappa shape index (κ3) is 3.81. The summed E-state index contributed by atoms with van der Waals surface area (Å²) in [5, 5.41) is 0.205. The van der Waals surface area contributed by atoms with Crippen molar-refractivity contribution < 1.29 is 18.7 Å². The van der Waals surface area contributed by atoms with Gasteiger partial charge in [0.2, 0.25) is 0 Å². The van der Waals surface area contributed by atoms with Crippen molar-refractivity contribution in [2.45, 2.75) is 110 Å². The number of carbonyl (C=O) groups is 1. The molecule has 4 nitrogen and oxygen atoms in total. The smallest absolute Gasteiger partial charge is 0.303 e. The molecule has 1 aliphatic carbocycles. The largest absolute Gasteiger partial charge is 0.459 e. The molecule has 0 amide bonds. The van der Waals surface area contributed by atoms with Gasteiger partial charge in [0.05, 0.1) is 0 Å². The van der Waals surface area contributed by atoms with Crippen molar-refractivity contribution in [1.82, 2.24) is 0 Å². The second-order valence-corrected chi connectivity index (χ2v) is 15.3. The van der Waals surface area contributed by atoms with E-state index in [0.717, 1.165) is 12.8 Å². The molecule has 1 heterocycles. The summed E-state index contributed by atoms with van der Waals surface area (Å²) in [5.41, 5.74) is -0.560. The van der Waals surface area contributed by atoms with Gasteiger partial charge in [0.15, 0.2) is 8.32 Å². The lowest BCUT2D eigenvalue weighted by atomic mass is 9.63. The third-order valence-electron chi connectivity index (χ3n) is 6.71. The van der Waals surface area contributed by atoms with E-state index in [1.165, 1.54) is 6.92 Å². The fraction of sp³-hybridized carbons (Fsp3) is 0.857. The van der Waals surface area contributed by atoms with Crippen molar-refractivity contribution in [2.75, 3.05) is 0 Å². The first kappa shape index (κ1) is 21.6. The molecule has 2 fully saturated rings. The topological polar surface area (TPSA) is 48.1 Å². The molecule has 4 atom stereocenters. The highest BCUT2D eigenvalue weighted by atomic mass is 28.4. The molecule has 0 N–H and O–H groups in total. The molecule has 0 radical (unpaired) electrons. The number of epoxide rings is 1. The molecule has 0 aromatic carbocycles. The number of hydrogen-bond acceptors (Lipinski definition) is 4. The molecule has 5 heteroatoms. The van der Waals surface area contributed by atoms with E-state index in [-0.39, 0.29) is 39.8 Å². The molecule has 0 unspecified atom stereocenters. The highest BCUT2D eigenvalue weighted by Gasteiger charge is 2.75. The van der Waals surface area contributed by atoms with Crippen LogP contribution in [0.15, 0.2) is 12.2 Å². The number of hydrogen-bond donors (Lipinski definition) is 0. The molecule has 150 valence electrons. The predicted octanol–water partition coefficient (Wildman–Crippen LogP) is 5.23. The molecule has 1 aliphatic heterocycles. The highest BCUT2D eigenvalue weighted by molar-refractivity contribution is 6.74. The Morgan fingerprint density at radius 1 is 1.23 bits per heavy atom. The SMILES string of the molecule is CC(=O)O[C@H](C)/C=C/[C@]12O[C@@]1(C)C[C@@H](O[Si](C)(C)C(C)(C)C)CC2(C)C. The van der Waals surface area contributed by atoms with E-state index >= 15 is 0 Å². The molecule has 1 saturated heterocycles. The van der Waals surface area contributed by atoms with Gasteiger partial charge in [-0.1, -0.05) is 34.6 Å². The summed E-state index contributed by atoms with van der Waals surface area (Å²) in [7, 11) is -1.81. The van der Waals surface area contributed by atoms with Crippen LogP contribution in [-0.4, -0.2) is 37.7 Å². The Morgan fingerprint density at radius 2 is 1.81 bits per heavy atom. The first-order valence-corrected chi connectivity index (χ1v) is 12.7. The summed E-state index contributed by atoms with van der Waals surface area (Å²) in [6, 6.07) is 0. The van der Waals surface area contributed by atoms with E-state index in [1.54, 1.807) is 0 Å². The summed E-state index contributed by atoms with van der Waals surface area (Å²) < 4.78 is 18.3. The molecule has 2 rings (SSSR count). The van der Waals surface area contributed by atoms with Gasteiger partial charge in [-0.3, -0.25) is 4.79 Å². The van der Waals surface area contributed by atoms with Gasteiger partial charge < -0.3 is 13.9 Å². The molecule has 0 spiro atoms. The molecule has 0 bridgehead atoms. The monoisotopic (exact) mass is 382 g/mol. The van der Waals surface area contributed by atoms with Gasteiger partial charge in [-0.2, -0.15) is 0 Å². The number of carbonyl (C=O) groups excluding carboxylic acids is 1. The number of fused-ring (bicyclic) bond motifs is 1. The van der Waals surface area contributed by atoms with Crippen LogP contribution in [0.1, 0.15) is 68.2 Å². The van der Waals surface area contributed by atoms with Gasteiger partial charge in [-0.15, -0.1) is 0 Å².